The van der Waals surface area contributed by atoms with Crippen LogP contribution in [-0.4, -0.2) is 26.5 Å². The van der Waals surface area contributed by atoms with E-state index in [1.807, 2.05) is 78.3 Å². The van der Waals surface area contributed by atoms with Crippen LogP contribution in [0.2, 0.25) is 5.02 Å². The molecule has 1 aliphatic heterocycles. The van der Waals surface area contributed by atoms with Crippen molar-refractivity contribution in [2.24, 2.45) is 0 Å². The van der Waals surface area contributed by atoms with Crippen LogP contribution in [0.15, 0.2) is 78.9 Å². The second kappa shape index (κ2) is 8.40. The number of aromatic nitrogens is 3. The summed E-state index contributed by atoms with van der Waals surface area (Å²) in [5.74, 6) is 1.81. The Morgan fingerprint density at radius 1 is 1.03 bits per heavy atom. The normalized spacial score (nSPS) is 14.9. The third-order valence-electron chi connectivity index (χ3n) is 5.28. The molecule has 0 saturated carbocycles. The molecule has 0 bridgehead atoms. The molecule has 1 aliphatic rings. The van der Waals surface area contributed by atoms with E-state index >= 15 is 0 Å². The molecule has 0 radical (unpaired) electrons. The molecule has 0 saturated heterocycles. The minimum absolute atomic E-state index is 0.107. The third-order valence-corrected chi connectivity index (χ3v) is 5.53. The molecule has 1 atom stereocenters. The molecule has 0 unspecified atom stereocenters. The lowest BCUT2D eigenvalue weighted by atomic mass is 10.0. The van der Waals surface area contributed by atoms with Crippen LogP contribution in [0.4, 0.5) is 5.95 Å². The van der Waals surface area contributed by atoms with Crippen LogP contribution in [0.5, 0.6) is 11.5 Å². The first kappa shape index (κ1) is 20.2. The number of hydrogen-bond donors (Lipinski definition) is 2. The number of nitrogens with zero attached hydrogens (tertiary/aromatic N) is 3. The Morgan fingerprint density at radius 2 is 1.81 bits per heavy atom. The highest BCUT2D eigenvalue weighted by Gasteiger charge is 2.26. The van der Waals surface area contributed by atoms with Gasteiger partial charge in [-0.05, 0) is 48.4 Å². The van der Waals surface area contributed by atoms with E-state index in [1.165, 1.54) is 0 Å². The molecule has 6 nitrogen and oxygen atoms in total. The number of allylic oxidation sites excluding steroid dienone is 1. The zero-order valence-corrected chi connectivity index (χ0v) is 18.1. The lowest BCUT2D eigenvalue weighted by Crippen LogP contribution is -2.20. The molecule has 4 aromatic rings. The Kier molecular flexibility index (Phi) is 5.29. The maximum atomic E-state index is 10.2. The van der Waals surface area contributed by atoms with Crippen molar-refractivity contribution in [3.05, 3.63) is 95.0 Å². The van der Waals surface area contributed by atoms with Gasteiger partial charge in [0.2, 0.25) is 5.95 Å². The van der Waals surface area contributed by atoms with Crippen molar-refractivity contribution in [1.29, 1.82) is 0 Å². The molecule has 5 rings (SSSR count). The second-order valence-electron chi connectivity index (χ2n) is 7.39. The third kappa shape index (κ3) is 3.81. The van der Waals surface area contributed by atoms with Crippen LogP contribution in [0.3, 0.4) is 0 Å². The zero-order valence-electron chi connectivity index (χ0n) is 17.4. The van der Waals surface area contributed by atoms with Crippen molar-refractivity contribution in [3.8, 4) is 22.9 Å². The van der Waals surface area contributed by atoms with Gasteiger partial charge >= 0.3 is 0 Å². The van der Waals surface area contributed by atoms with Crippen LogP contribution < -0.4 is 10.1 Å². The summed E-state index contributed by atoms with van der Waals surface area (Å²) in [6.45, 7) is 2.35. The Bertz CT molecular complexity index is 1280. The summed E-state index contributed by atoms with van der Waals surface area (Å²) in [6, 6.07) is 22.6. The fraction of sp³-hybridized carbons (Fsp3) is 0.120. The molecule has 0 spiro atoms. The fourth-order valence-corrected chi connectivity index (χ4v) is 3.85. The lowest BCUT2D eigenvalue weighted by Gasteiger charge is -2.25. The number of halogens is 1. The van der Waals surface area contributed by atoms with Crippen LogP contribution in [0.1, 0.15) is 24.1 Å². The molecule has 1 aromatic heterocycles. The molecule has 0 aliphatic carbocycles. The number of ether oxygens (including phenoxy) is 1. The zero-order chi connectivity index (χ0) is 22.1. The summed E-state index contributed by atoms with van der Waals surface area (Å²) in [5.41, 5.74) is 3.74. The number of nitrogens with one attached hydrogen (secondary N) is 1. The van der Waals surface area contributed by atoms with Gasteiger partial charge in [0.25, 0.3) is 0 Å². The molecule has 2 heterocycles. The highest BCUT2D eigenvalue weighted by atomic mass is 35.5. The van der Waals surface area contributed by atoms with E-state index in [1.54, 1.807) is 6.07 Å². The van der Waals surface area contributed by atoms with Gasteiger partial charge in [0.1, 0.15) is 6.04 Å². The van der Waals surface area contributed by atoms with Crippen molar-refractivity contribution < 1.29 is 9.84 Å². The minimum Gasteiger partial charge on any atom is -0.504 e. The van der Waals surface area contributed by atoms with Crippen molar-refractivity contribution >= 4 is 23.2 Å². The van der Waals surface area contributed by atoms with Gasteiger partial charge in [-0.15, -0.1) is 5.10 Å². The Balaban J connectivity index is 1.63. The van der Waals surface area contributed by atoms with E-state index in [-0.39, 0.29) is 11.8 Å². The van der Waals surface area contributed by atoms with E-state index < -0.39 is 0 Å². The summed E-state index contributed by atoms with van der Waals surface area (Å²) in [5, 5.41) is 19.0. The maximum Gasteiger partial charge on any atom is 0.227 e. The van der Waals surface area contributed by atoms with Gasteiger partial charge in [0.05, 0.1) is 6.61 Å². The monoisotopic (exact) mass is 444 g/mol. The standard InChI is InChI=1S/C25H21ClN4O2/c1-2-32-23-14-18(10-13-22(23)31)21-15-20(16-8-11-19(26)12-9-16)27-25-28-24(29-30(21)25)17-6-4-3-5-7-17/h3-15,21,31H,2H2,1H3,(H,27,28,29)/t21-/m1/s1. The van der Waals surface area contributed by atoms with Gasteiger partial charge in [0, 0.05) is 16.3 Å². The highest BCUT2D eigenvalue weighted by Crippen LogP contribution is 2.37. The second-order valence-corrected chi connectivity index (χ2v) is 7.82. The SMILES string of the molecule is CCOc1cc([C@H]2C=C(c3ccc(Cl)cc3)Nc3nc(-c4ccccc4)nn32)ccc1O. The average molecular weight is 445 g/mol. The number of hydrogen-bond acceptors (Lipinski definition) is 5. The summed E-state index contributed by atoms with van der Waals surface area (Å²) >= 11 is 6.09. The highest BCUT2D eigenvalue weighted by molar-refractivity contribution is 6.30. The first-order valence-corrected chi connectivity index (χ1v) is 10.7. The predicted molar refractivity (Wildman–Crippen MR) is 126 cm³/mol. The van der Waals surface area contributed by atoms with Crippen LogP contribution in [0.25, 0.3) is 17.1 Å². The molecular formula is C25H21ClN4O2. The number of phenols is 1. The smallest absolute Gasteiger partial charge is 0.227 e. The molecular weight excluding hydrogens is 424 g/mol. The molecule has 0 amide bonds. The summed E-state index contributed by atoms with van der Waals surface area (Å²) in [7, 11) is 0. The first-order chi connectivity index (χ1) is 15.6. The van der Waals surface area contributed by atoms with Crippen LogP contribution in [-0.2, 0) is 0 Å². The first-order valence-electron chi connectivity index (χ1n) is 10.3. The predicted octanol–water partition coefficient (Wildman–Crippen LogP) is 5.76. The number of fused-ring (bicyclic) bond motifs is 1. The number of benzene rings is 3. The number of phenolic OH excluding ortho intramolecular Hbond substituents is 1. The molecule has 2 N–H and O–H groups in total. The van der Waals surface area contributed by atoms with E-state index in [4.69, 9.17) is 26.4 Å². The lowest BCUT2D eigenvalue weighted by molar-refractivity contribution is 0.317. The van der Waals surface area contributed by atoms with E-state index in [0.29, 0.717) is 29.2 Å². The van der Waals surface area contributed by atoms with E-state index in [9.17, 15) is 5.11 Å². The van der Waals surface area contributed by atoms with Crippen LogP contribution >= 0.6 is 11.6 Å². The van der Waals surface area contributed by atoms with Gasteiger partial charge in [-0.1, -0.05) is 60.1 Å². The molecule has 0 fully saturated rings. The summed E-state index contributed by atoms with van der Waals surface area (Å²) in [6.07, 6.45) is 2.09. The maximum absolute atomic E-state index is 10.2. The van der Waals surface area contributed by atoms with Gasteiger partial charge < -0.3 is 15.2 Å². The van der Waals surface area contributed by atoms with Crippen molar-refractivity contribution in [2.45, 2.75) is 13.0 Å². The largest absolute Gasteiger partial charge is 0.504 e. The molecule has 3 aromatic carbocycles. The quantitative estimate of drug-likeness (QED) is 0.409. The number of rotatable bonds is 5. The fourth-order valence-electron chi connectivity index (χ4n) is 3.72. The van der Waals surface area contributed by atoms with Gasteiger partial charge in [-0.25, -0.2) is 4.68 Å². The van der Waals surface area contributed by atoms with Crippen molar-refractivity contribution in [2.75, 3.05) is 11.9 Å². The molecule has 32 heavy (non-hydrogen) atoms. The van der Waals surface area contributed by atoms with Gasteiger partial charge in [-0.2, -0.15) is 4.98 Å². The average Bonchev–Trinajstić information content (AvgIpc) is 3.25. The van der Waals surface area contributed by atoms with E-state index in [2.05, 4.69) is 11.4 Å². The van der Waals surface area contributed by atoms with Gasteiger partial charge in [-0.3, -0.25) is 0 Å². The number of anilines is 1. The Hall–Kier alpha value is -3.77. The van der Waals surface area contributed by atoms with E-state index in [0.717, 1.165) is 22.4 Å². The molecule has 160 valence electrons. The topological polar surface area (TPSA) is 72.2 Å². The Labute approximate surface area is 190 Å². The summed E-state index contributed by atoms with van der Waals surface area (Å²) < 4.78 is 7.46. The minimum atomic E-state index is -0.248. The molecule has 7 heteroatoms. The summed E-state index contributed by atoms with van der Waals surface area (Å²) in [4.78, 5) is 4.76. The number of aromatic hydroxyl groups is 1. The van der Waals surface area contributed by atoms with Crippen molar-refractivity contribution in [1.82, 2.24) is 14.8 Å². The van der Waals surface area contributed by atoms with Crippen LogP contribution in [0, 0.1) is 0 Å². The Morgan fingerprint density at radius 3 is 2.56 bits per heavy atom. The van der Waals surface area contributed by atoms with Gasteiger partial charge in [0.15, 0.2) is 17.3 Å². The van der Waals surface area contributed by atoms with Crippen molar-refractivity contribution in [3.63, 3.8) is 0 Å².